The number of halogens is 40. The van der Waals surface area contributed by atoms with Crippen LogP contribution in [0.1, 0.15) is 56.7 Å². The first kappa shape index (κ1) is 92.0. The molecule has 11 aromatic rings. The van der Waals surface area contributed by atoms with Crippen molar-refractivity contribution in [3.63, 3.8) is 0 Å². The molecule has 0 saturated carbocycles. The molecular formula is C88H18F40N8. The van der Waals surface area contributed by atoms with E-state index in [0.717, 1.165) is 0 Å². The first-order valence-corrected chi connectivity index (χ1v) is 36.5. The molecule has 0 fully saturated rings. The van der Waals surface area contributed by atoms with Crippen LogP contribution in [-0.4, -0.2) is 42.3 Å². The summed E-state index contributed by atoms with van der Waals surface area (Å²) in [7, 11) is 0. The van der Waals surface area contributed by atoms with Gasteiger partial charge in [-0.1, -0.05) is 0 Å². The predicted octanol–water partition coefficient (Wildman–Crippen LogP) is 27.9. The third-order valence-corrected chi connectivity index (χ3v) is 21.1. The molecule has 48 heteroatoms. The third kappa shape index (κ3) is 13.7. The summed E-state index contributed by atoms with van der Waals surface area (Å²) in [4.78, 5) is 26.8. The van der Waals surface area contributed by atoms with Gasteiger partial charge in [-0.05, 0) is 85.0 Å². The molecule has 2 N–H and O–H groups in total. The Labute approximate surface area is 722 Å². The Kier molecular flexibility index (Phi) is 22.4. The lowest BCUT2D eigenvalue weighted by Crippen LogP contribution is -2.06. The number of hydrogen-bond donors (Lipinski definition) is 2. The fourth-order valence-corrected chi connectivity index (χ4v) is 15.0. The normalized spacial score (nSPS) is 12.5. The SMILES string of the molecule is Fc1c(F)c(F)c(-c2c3cc(c(-c4c(F)c(F)c(F)c(F)c4F)c4ccc([nH]4)c(-c4c(F)c(F)c(F)c(F)c4F)c4nc(c(-c5c(F)c(F)c(F)c(F)c5F)c5nc(c(-c6c(F)c(F)c(F)c(F)c6F)c6cc(c(-c7c(F)c(F)c(F)c(F)c7F)c7ccc([nH]7)c(-c7c(F)c(F)c(F)c(F)c7F)c7nc(c(-c8c(F)c(F)c(F)c(F)c8F)c8nc2C=C8)C=C7)N=C6)C=C5)C=C4)N=C3)c(F)c1F. The quantitative estimate of drug-likeness (QED) is 0.0897. The second kappa shape index (κ2) is 33.1. The van der Waals surface area contributed by atoms with Gasteiger partial charge in [-0.2, -0.15) is 0 Å². The molecule has 16 bridgehead atoms. The largest absolute Gasteiger partial charge is 0.354 e. The van der Waals surface area contributed by atoms with Crippen molar-refractivity contribution in [1.82, 2.24) is 29.9 Å². The highest BCUT2D eigenvalue weighted by Gasteiger charge is 2.41. The Balaban J connectivity index is 1.15. The van der Waals surface area contributed by atoms with E-state index >= 15 is 176 Å². The van der Waals surface area contributed by atoms with E-state index in [9.17, 15) is 0 Å². The van der Waals surface area contributed by atoms with E-state index in [0.29, 0.717) is 0 Å². The van der Waals surface area contributed by atoms with Gasteiger partial charge in [-0.3, -0.25) is 9.98 Å². The topological polar surface area (TPSA) is 108 Å². The molecule has 0 amide bonds. The molecule has 3 aromatic heterocycles. The predicted molar refractivity (Wildman–Crippen MR) is 399 cm³/mol. The van der Waals surface area contributed by atoms with E-state index in [4.69, 9.17) is 0 Å². The van der Waals surface area contributed by atoms with Crippen LogP contribution >= 0.6 is 0 Å². The summed E-state index contributed by atoms with van der Waals surface area (Å²) in [6, 6.07) is 1.06. The molecule has 17 rings (SSSR count). The van der Waals surface area contributed by atoms with Gasteiger partial charge in [0.1, 0.15) is 0 Å². The van der Waals surface area contributed by atoms with Gasteiger partial charge in [0.25, 0.3) is 0 Å². The number of aromatic amines is 2. The van der Waals surface area contributed by atoms with Gasteiger partial charge in [0.15, 0.2) is 186 Å². The van der Waals surface area contributed by atoms with Crippen molar-refractivity contribution in [2.24, 2.45) is 9.98 Å². The van der Waals surface area contributed by atoms with Gasteiger partial charge in [0.2, 0.25) is 46.5 Å². The molecule has 0 radical (unpaired) electrons. The molecule has 6 aliphatic rings. The molecule has 8 nitrogen and oxygen atoms in total. The summed E-state index contributed by atoms with van der Waals surface area (Å²) in [6.45, 7) is 0. The minimum absolute atomic E-state index is 0.0557. The maximum atomic E-state index is 16.8. The average molecular weight is 1950 g/mol. The summed E-state index contributed by atoms with van der Waals surface area (Å²) < 4.78 is 645. The van der Waals surface area contributed by atoms with Gasteiger partial charge in [-0.15, -0.1) is 0 Å². The summed E-state index contributed by atoms with van der Waals surface area (Å²) >= 11 is 0. The molecule has 690 valence electrons. The van der Waals surface area contributed by atoms with E-state index in [1.54, 1.807) is 0 Å². The van der Waals surface area contributed by atoms with Crippen LogP contribution in [0.25, 0.3) is 160 Å². The fourth-order valence-electron chi connectivity index (χ4n) is 15.0. The summed E-state index contributed by atoms with van der Waals surface area (Å²) in [5.41, 5.74) is -58.1. The molecule has 6 aliphatic heterocycles. The number of H-pyrrole nitrogens is 2. The van der Waals surface area contributed by atoms with Crippen LogP contribution in [0.4, 0.5) is 187 Å². The van der Waals surface area contributed by atoms with E-state index in [-0.39, 0.29) is 97.4 Å². The van der Waals surface area contributed by atoms with E-state index < -0.39 is 412 Å². The summed E-state index contributed by atoms with van der Waals surface area (Å²) in [5.74, 6) is -121. The van der Waals surface area contributed by atoms with Gasteiger partial charge in [-0.25, -0.2) is 196 Å². The number of rotatable bonds is 8. The molecule has 136 heavy (non-hydrogen) atoms. The second-order valence-corrected chi connectivity index (χ2v) is 28.5. The Morgan fingerprint density at radius 1 is 0.140 bits per heavy atom. The molecule has 8 aromatic carbocycles. The Bertz CT molecular complexity index is 7060. The number of nitrogens with one attached hydrogen (secondary N) is 2. The lowest BCUT2D eigenvalue weighted by molar-refractivity contribution is 0.381. The highest BCUT2D eigenvalue weighted by Crippen LogP contribution is 2.52. The van der Waals surface area contributed by atoms with E-state index in [1.807, 2.05) is 9.97 Å². The van der Waals surface area contributed by atoms with E-state index in [1.165, 1.54) is 0 Å². The van der Waals surface area contributed by atoms with Crippen molar-refractivity contribution in [3.8, 4) is 89.0 Å². The minimum Gasteiger partial charge on any atom is -0.354 e. The zero-order chi connectivity index (χ0) is 98.5. The minimum atomic E-state index is -3.08. The first-order chi connectivity index (χ1) is 64.2. The Hall–Kier alpha value is -15.8. The van der Waals surface area contributed by atoms with Crippen molar-refractivity contribution in [2.75, 3.05) is 0 Å². The first-order valence-electron chi connectivity index (χ1n) is 36.5. The van der Waals surface area contributed by atoms with Crippen molar-refractivity contribution >= 4 is 94.5 Å². The van der Waals surface area contributed by atoms with Crippen molar-refractivity contribution in [2.45, 2.75) is 0 Å². The van der Waals surface area contributed by atoms with E-state index in [2.05, 4.69) is 29.9 Å². The molecular weight excluding hydrogens is 1930 g/mol. The van der Waals surface area contributed by atoms with Crippen LogP contribution in [0.2, 0.25) is 0 Å². The Morgan fingerprint density at radius 3 is 0.456 bits per heavy atom. The smallest absolute Gasteiger partial charge is 0.200 e. The lowest BCUT2D eigenvalue weighted by Gasteiger charge is -2.12. The summed E-state index contributed by atoms with van der Waals surface area (Å²) in [6.07, 6.45) is 1.70. The highest BCUT2D eigenvalue weighted by atomic mass is 19.2. The number of hydrogen-bond acceptors (Lipinski definition) is 6. The lowest BCUT2D eigenvalue weighted by atomic mass is 9.97. The molecule has 0 saturated heterocycles. The maximum Gasteiger partial charge on any atom is 0.200 e. The van der Waals surface area contributed by atoms with Crippen LogP contribution in [0.5, 0.6) is 0 Å². The Morgan fingerprint density at radius 2 is 0.272 bits per heavy atom. The van der Waals surface area contributed by atoms with Crippen LogP contribution < -0.4 is 0 Å². The average Bonchev–Trinajstić information content (AvgIpc) is 1.58. The molecule has 9 heterocycles. The maximum absolute atomic E-state index is 16.8. The number of aliphatic imine (C=N–C) groups is 2. The van der Waals surface area contributed by atoms with Crippen molar-refractivity contribution < 1.29 is 176 Å². The van der Waals surface area contributed by atoms with Crippen LogP contribution in [-0.2, 0) is 0 Å². The monoisotopic (exact) mass is 1950 g/mol. The number of nitrogens with zero attached hydrogens (tertiary/aromatic N) is 6. The van der Waals surface area contributed by atoms with Gasteiger partial charge in [0, 0.05) is 90.1 Å². The molecule has 0 unspecified atom stereocenters. The summed E-state index contributed by atoms with van der Waals surface area (Å²) in [5, 5.41) is 0. The van der Waals surface area contributed by atoms with Crippen molar-refractivity contribution in [3.05, 3.63) is 326 Å². The van der Waals surface area contributed by atoms with Crippen molar-refractivity contribution in [1.29, 1.82) is 0 Å². The van der Waals surface area contributed by atoms with Crippen LogP contribution in [0, 0.1) is 233 Å². The number of fused-ring (bicyclic) bond motifs is 16. The highest BCUT2D eigenvalue weighted by molar-refractivity contribution is 6.07. The standard InChI is InChI=1S/C88H18F40N8/c89-49-41(50(90)66(106)81(121)65(49)105)33-17-13-31(129-15-17)39(47-61(101)77(117)87(127)78(118)62(47)102)29-11-9-28(135-29)38(46-59(99)75(115)86(126)76(116)60(46)100)26-8-6-24(134-26)36(44-55(95)71(111)84(124)72(112)56(44)96)22-4-2-20(132-22)34(42-51(91)67(107)82(122)68(108)52(42)92)18-14-32(130-16-18)40(48-63(103)79(119)88(128)80(120)64(48)104)30-12-10-27(136-30)37(45-57(97)73(113)85(125)74(114)58(45)98)25-7-5-23(133-25)35(21-3-1-19(33)131-21)43-53(93)69(109)83(123)70(110)54(43)94/h1-16,135-136H. The zero-order valence-corrected chi connectivity index (χ0v) is 64.0. The zero-order valence-electron chi connectivity index (χ0n) is 64.0. The third-order valence-electron chi connectivity index (χ3n) is 21.1. The fraction of sp³-hybridized carbons (Fsp3) is 0. The molecule has 0 spiro atoms. The van der Waals surface area contributed by atoms with Crippen LogP contribution in [0.3, 0.4) is 0 Å². The number of benzene rings is 8. The van der Waals surface area contributed by atoms with Gasteiger partial charge < -0.3 is 9.97 Å². The molecule has 0 atom stereocenters. The van der Waals surface area contributed by atoms with Gasteiger partial charge in [0.05, 0.1) is 101 Å². The molecule has 0 aliphatic carbocycles. The number of aromatic nitrogens is 6. The van der Waals surface area contributed by atoms with Gasteiger partial charge >= 0.3 is 0 Å². The van der Waals surface area contributed by atoms with Crippen LogP contribution in [0.15, 0.2) is 46.4 Å². The second-order valence-electron chi connectivity index (χ2n) is 28.5.